The molecule has 4 N–H and O–H groups in total. The van der Waals surface area contributed by atoms with Crippen LogP contribution in [-0.2, 0) is 24.8 Å². The van der Waals surface area contributed by atoms with Crippen LogP contribution < -0.4 is 10.6 Å². The summed E-state index contributed by atoms with van der Waals surface area (Å²) in [6.45, 7) is 0.796. The summed E-state index contributed by atoms with van der Waals surface area (Å²) in [5.41, 5.74) is 10.9. The van der Waals surface area contributed by atoms with Gasteiger partial charge in [0.15, 0.2) is 0 Å². The van der Waals surface area contributed by atoms with E-state index in [0.717, 1.165) is 27.9 Å². The van der Waals surface area contributed by atoms with Gasteiger partial charge < -0.3 is 20.8 Å². The summed E-state index contributed by atoms with van der Waals surface area (Å²) < 4.78 is 0. The van der Waals surface area contributed by atoms with Crippen molar-refractivity contribution in [3.05, 3.63) is 82.9 Å². The molecule has 146 valence electrons. The Morgan fingerprint density at radius 3 is 1.71 bits per heavy atom. The van der Waals surface area contributed by atoms with E-state index in [4.69, 9.17) is 28.9 Å². The molecule has 0 heterocycles. The molecule has 0 saturated carbocycles. The summed E-state index contributed by atoms with van der Waals surface area (Å²) in [6, 6.07) is 18.2. The zero-order chi connectivity index (χ0) is 20.1. The first kappa shape index (κ1) is 20.2. The number of hydrogen-bond acceptors (Lipinski definition) is 4. The van der Waals surface area contributed by atoms with Crippen molar-refractivity contribution in [2.24, 2.45) is 0 Å². The number of aromatic hydroxyl groups is 2. The third-order valence-corrected chi connectivity index (χ3v) is 5.21. The maximum absolute atomic E-state index is 10.3. The Kier molecular flexibility index (Phi) is 6.55. The second-order valence-electron chi connectivity index (χ2n) is 6.61. The summed E-state index contributed by atoms with van der Waals surface area (Å²) in [5, 5.41) is 20.7. The first-order valence-electron chi connectivity index (χ1n) is 8.84. The molecule has 3 aromatic carbocycles. The van der Waals surface area contributed by atoms with E-state index in [1.54, 1.807) is 24.3 Å². The topological polar surface area (TPSA) is 69.7 Å². The third kappa shape index (κ3) is 4.64. The van der Waals surface area contributed by atoms with Crippen LogP contribution in [0.15, 0.2) is 60.7 Å². The molecule has 0 aliphatic heterocycles. The van der Waals surface area contributed by atoms with Crippen molar-refractivity contribution in [3.8, 4) is 11.5 Å². The van der Waals surface area contributed by atoms with E-state index in [2.05, 4.69) is 0 Å². The molecule has 0 amide bonds. The van der Waals surface area contributed by atoms with Crippen LogP contribution in [0.25, 0.3) is 0 Å². The van der Waals surface area contributed by atoms with Gasteiger partial charge in [0.2, 0.25) is 0 Å². The molecule has 0 bridgehead atoms. The fourth-order valence-corrected chi connectivity index (χ4v) is 3.44. The van der Waals surface area contributed by atoms with Crippen LogP contribution in [-0.4, -0.2) is 10.2 Å². The average Bonchev–Trinajstić information content (AvgIpc) is 2.71. The van der Waals surface area contributed by atoms with Crippen LogP contribution in [0.2, 0.25) is 0 Å². The normalized spacial score (nSPS) is 10.8. The van der Waals surface area contributed by atoms with Crippen molar-refractivity contribution in [1.82, 2.24) is 0 Å². The number of nitrogens with zero attached hydrogens (tertiary/aromatic N) is 1. The Balaban J connectivity index is 2.00. The number of phenols is 2. The lowest BCUT2D eigenvalue weighted by Gasteiger charge is -2.27. The minimum absolute atomic E-state index is 0.187. The Bertz CT molecular complexity index is 908. The van der Waals surface area contributed by atoms with Crippen LogP contribution in [0.4, 0.5) is 11.4 Å². The van der Waals surface area contributed by atoms with Gasteiger partial charge in [-0.25, -0.2) is 0 Å². The number of rotatable bonds is 7. The van der Waals surface area contributed by atoms with E-state index in [0.29, 0.717) is 30.5 Å². The van der Waals surface area contributed by atoms with Crippen LogP contribution in [0.1, 0.15) is 22.3 Å². The van der Waals surface area contributed by atoms with Crippen molar-refractivity contribution < 1.29 is 10.2 Å². The van der Waals surface area contributed by atoms with Gasteiger partial charge in [-0.15, -0.1) is 23.2 Å². The zero-order valence-electron chi connectivity index (χ0n) is 15.3. The Hall–Kier alpha value is -2.56. The highest BCUT2D eigenvalue weighted by Gasteiger charge is 2.16. The molecule has 0 atom stereocenters. The Morgan fingerprint density at radius 2 is 1.25 bits per heavy atom. The van der Waals surface area contributed by atoms with Crippen molar-refractivity contribution in [2.75, 3.05) is 10.6 Å². The van der Waals surface area contributed by atoms with Gasteiger partial charge in [-0.05, 0) is 47.5 Å². The molecule has 0 aromatic heterocycles. The maximum atomic E-state index is 10.3. The number of benzene rings is 3. The lowest BCUT2D eigenvalue weighted by atomic mass is 10.1. The van der Waals surface area contributed by atoms with E-state index in [1.165, 1.54) is 0 Å². The number of para-hydroxylation sites is 2. The average molecular weight is 417 g/mol. The van der Waals surface area contributed by atoms with Crippen molar-refractivity contribution in [3.63, 3.8) is 0 Å². The number of halogens is 2. The quantitative estimate of drug-likeness (QED) is 0.357. The summed E-state index contributed by atoms with van der Waals surface area (Å²) in [5.74, 6) is 1.10. The molecule has 0 saturated heterocycles. The highest BCUT2D eigenvalue weighted by atomic mass is 35.5. The van der Waals surface area contributed by atoms with E-state index in [1.807, 2.05) is 41.3 Å². The van der Waals surface area contributed by atoms with Gasteiger partial charge in [-0.3, -0.25) is 0 Å². The van der Waals surface area contributed by atoms with E-state index in [9.17, 15) is 10.2 Å². The minimum Gasteiger partial charge on any atom is -0.508 e. The molecule has 28 heavy (non-hydrogen) atoms. The molecule has 0 radical (unpaired) electrons. The number of nitrogen functional groups attached to an aromatic ring is 1. The monoisotopic (exact) mass is 416 g/mol. The molecule has 0 aliphatic rings. The second kappa shape index (κ2) is 9.09. The van der Waals surface area contributed by atoms with Gasteiger partial charge in [-0.1, -0.05) is 24.3 Å². The smallest absolute Gasteiger partial charge is 0.120 e. The SMILES string of the molecule is Nc1ccccc1N(Cc1cc(CCl)ccc1O)Cc1cc(CCl)ccc1O. The summed E-state index contributed by atoms with van der Waals surface area (Å²) in [4.78, 5) is 2.01. The van der Waals surface area contributed by atoms with Gasteiger partial charge >= 0.3 is 0 Å². The van der Waals surface area contributed by atoms with Gasteiger partial charge in [0.1, 0.15) is 11.5 Å². The second-order valence-corrected chi connectivity index (χ2v) is 7.14. The van der Waals surface area contributed by atoms with E-state index >= 15 is 0 Å². The van der Waals surface area contributed by atoms with Crippen LogP contribution in [0, 0.1) is 0 Å². The third-order valence-electron chi connectivity index (χ3n) is 4.60. The fraction of sp³-hybridized carbons (Fsp3) is 0.182. The largest absolute Gasteiger partial charge is 0.508 e. The summed E-state index contributed by atoms with van der Waals surface area (Å²) >= 11 is 11.9. The Labute approximate surface area is 174 Å². The first-order chi connectivity index (χ1) is 13.5. The molecule has 4 nitrogen and oxygen atoms in total. The van der Waals surface area contributed by atoms with Crippen molar-refractivity contribution in [1.29, 1.82) is 0 Å². The van der Waals surface area contributed by atoms with E-state index in [-0.39, 0.29) is 11.5 Å². The number of alkyl halides is 2. The minimum atomic E-state index is 0.187. The van der Waals surface area contributed by atoms with Crippen LogP contribution in [0.5, 0.6) is 11.5 Å². The molecule has 3 rings (SSSR count). The maximum Gasteiger partial charge on any atom is 0.120 e. The number of hydrogen-bond donors (Lipinski definition) is 3. The van der Waals surface area contributed by atoms with Gasteiger partial charge in [-0.2, -0.15) is 0 Å². The molecule has 0 fully saturated rings. The van der Waals surface area contributed by atoms with Gasteiger partial charge in [0.05, 0.1) is 11.4 Å². The number of nitrogens with two attached hydrogens (primary N) is 1. The van der Waals surface area contributed by atoms with Gasteiger partial charge in [0, 0.05) is 36.0 Å². The summed E-state index contributed by atoms with van der Waals surface area (Å²) in [6.07, 6.45) is 0. The molecule has 0 aliphatic carbocycles. The molecule has 6 heteroatoms. The molecular formula is C22H22Cl2N2O2. The van der Waals surface area contributed by atoms with Crippen LogP contribution >= 0.6 is 23.2 Å². The highest BCUT2D eigenvalue weighted by Crippen LogP contribution is 2.31. The van der Waals surface area contributed by atoms with Gasteiger partial charge in [0.25, 0.3) is 0 Å². The predicted octanol–water partition coefficient (Wildman–Crippen LogP) is 5.36. The fourth-order valence-electron chi connectivity index (χ4n) is 3.11. The lowest BCUT2D eigenvalue weighted by molar-refractivity contribution is 0.463. The molecule has 3 aromatic rings. The number of anilines is 2. The Morgan fingerprint density at radius 1 is 0.750 bits per heavy atom. The van der Waals surface area contributed by atoms with Crippen molar-refractivity contribution in [2.45, 2.75) is 24.8 Å². The predicted molar refractivity (Wildman–Crippen MR) is 116 cm³/mol. The van der Waals surface area contributed by atoms with Crippen LogP contribution in [0.3, 0.4) is 0 Å². The zero-order valence-corrected chi connectivity index (χ0v) is 16.8. The standard InChI is InChI=1S/C22H22Cl2N2O2/c23-11-15-5-7-21(27)17(9-15)13-26(20-4-2-1-3-19(20)25)14-18-10-16(12-24)6-8-22(18)28/h1-10,27-28H,11-14,25H2. The van der Waals surface area contributed by atoms with Crippen molar-refractivity contribution >= 4 is 34.6 Å². The van der Waals surface area contributed by atoms with E-state index < -0.39 is 0 Å². The molecular weight excluding hydrogens is 395 g/mol. The highest BCUT2D eigenvalue weighted by molar-refractivity contribution is 6.17. The number of phenolic OH excluding ortho intramolecular Hbond substituents is 2. The first-order valence-corrected chi connectivity index (χ1v) is 9.91. The molecule has 0 spiro atoms. The summed E-state index contributed by atoms with van der Waals surface area (Å²) in [7, 11) is 0. The molecule has 0 unspecified atom stereocenters. The lowest BCUT2D eigenvalue weighted by Crippen LogP contribution is -2.23.